The van der Waals surface area contributed by atoms with Gasteiger partial charge in [-0.2, -0.15) is 11.8 Å². The molecule has 1 aromatic rings. The Bertz CT molecular complexity index is 630. The molecule has 0 N–H and O–H groups in total. The van der Waals surface area contributed by atoms with Crippen molar-refractivity contribution in [2.75, 3.05) is 36.2 Å². The number of benzene rings is 1. The zero-order valence-corrected chi connectivity index (χ0v) is 12.9. The van der Waals surface area contributed by atoms with Gasteiger partial charge < -0.3 is 9.64 Å². The van der Waals surface area contributed by atoms with E-state index < -0.39 is 0 Å². The van der Waals surface area contributed by atoms with Crippen LogP contribution in [0, 0.1) is 5.82 Å². The van der Waals surface area contributed by atoms with E-state index in [1.807, 2.05) is 28.8 Å². The van der Waals surface area contributed by atoms with Crippen LogP contribution in [0.2, 0.25) is 0 Å². The lowest BCUT2D eigenvalue weighted by atomic mass is 10.0. The summed E-state index contributed by atoms with van der Waals surface area (Å²) in [5, 5.41) is 3.52. The molecule has 0 aromatic heterocycles. The van der Waals surface area contributed by atoms with Crippen molar-refractivity contribution < 1.29 is 9.13 Å². The van der Waals surface area contributed by atoms with Gasteiger partial charge in [0.05, 0.1) is 12.6 Å². The first-order valence-electron chi connectivity index (χ1n) is 7.22. The maximum Gasteiger partial charge on any atom is 0.132 e. The normalized spacial score (nSPS) is 21.4. The number of thioether (sulfide) groups is 1. The lowest BCUT2D eigenvalue weighted by Gasteiger charge is -2.18. The summed E-state index contributed by atoms with van der Waals surface area (Å²) in [6, 6.07) is 5.35. The second-order valence-electron chi connectivity index (χ2n) is 5.27. The number of anilines is 1. The van der Waals surface area contributed by atoms with Crippen molar-refractivity contribution in [3.63, 3.8) is 0 Å². The van der Waals surface area contributed by atoms with E-state index in [1.54, 1.807) is 6.07 Å². The molecule has 1 atom stereocenters. The molecule has 7 heteroatoms. The largest absolute Gasteiger partial charge is 0.356 e. The molecule has 2 aliphatic heterocycles. The number of nitrogens with zero attached hydrogens (tertiary/aromatic N) is 4. The van der Waals surface area contributed by atoms with E-state index in [2.05, 4.69) is 16.1 Å². The Hall–Kier alpha value is -1.69. The molecule has 0 spiro atoms. The Labute approximate surface area is 132 Å². The molecule has 2 heterocycles. The van der Waals surface area contributed by atoms with E-state index in [4.69, 9.17) is 10.3 Å². The van der Waals surface area contributed by atoms with Crippen molar-refractivity contribution in [2.24, 2.45) is 5.11 Å². The van der Waals surface area contributed by atoms with Crippen LogP contribution in [0.4, 0.5) is 10.1 Å². The van der Waals surface area contributed by atoms with Crippen LogP contribution in [0.5, 0.6) is 0 Å². The van der Waals surface area contributed by atoms with Gasteiger partial charge in [0.15, 0.2) is 0 Å². The van der Waals surface area contributed by atoms with E-state index in [-0.39, 0.29) is 11.9 Å². The van der Waals surface area contributed by atoms with E-state index >= 15 is 0 Å². The van der Waals surface area contributed by atoms with E-state index in [0.29, 0.717) is 25.4 Å². The van der Waals surface area contributed by atoms with E-state index in [0.717, 1.165) is 29.2 Å². The first-order valence-corrected chi connectivity index (χ1v) is 8.37. The second kappa shape index (κ2) is 7.05. The summed E-state index contributed by atoms with van der Waals surface area (Å²) in [5.74, 6) is 1.82. The standard InChI is InChI=1S/C15H17FN4OS/c16-15-7-12(20-9-13(21-10-20)8-18-19-17)1-2-14(15)11-3-5-22-6-4-11/h1-3,7,13H,4-6,8-10H2/t13-/m0/s1. The van der Waals surface area contributed by atoms with Crippen LogP contribution in [0.1, 0.15) is 12.0 Å². The van der Waals surface area contributed by atoms with Gasteiger partial charge in [-0.05, 0) is 41.5 Å². The highest BCUT2D eigenvalue weighted by molar-refractivity contribution is 7.99. The third-order valence-corrected chi connectivity index (χ3v) is 4.76. The lowest BCUT2D eigenvalue weighted by Crippen LogP contribution is -2.22. The van der Waals surface area contributed by atoms with Crippen molar-refractivity contribution in [3.05, 3.63) is 46.1 Å². The van der Waals surface area contributed by atoms with Gasteiger partial charge in [-0.25, -0.2) is 4.39 Å². The van der Waals surface area contributed by atoms with Crippen molar-refractivity contribution in [1.82, 2.24) is 0 Å². The zero-order valence-electron chi connectivity index (χ0n) is 12.1. The molecule has 3 rings (SSSR count). The van der Waals surface area contributed by atoms with E-state index in [1.165, 1.54) is 0 Å². The number of rotatable bonds is 4. The topological polar surface area (TPSA) is 61.2 Å². The Morgan fingerprint density at radius 1 is 1.50 bits per heavy atom. The fourth-order valence-corrected chi connectivity index (χ4v) is 3.55. The highest BCUT2D eigenvalue weighted by Gasteiger charge is 2.23. The summed E-state index contributed by atoms with van der Waals surface area (Å²) in [7, 11) is 0. The Morgan fingerprint density at radius 2 is 2.41 bits per heavy atom. The summed E-state index contributed by atoms with van der Waals surface area (Å²) in [6.45, 7) is 1.30. The van der Waals surface area contributed by atoms with Gasteiger partial charge in [0.1, 0.15) is 12.5 Å². The molecule has 0 unspecified atom stereocenters. The summed E-state index contributed by atoms with van der Waals surface area (Å²) < 4.78 is 19.9. The first kappa shape index (κ1) is 15.2. The van der Waals surface area contributed by atoms with E-state index in [9.17, 15) is 4.39 Å². The lowest BCUT2D eigenvalue weighted by molar-refractivity contribution is 0.122. The maximum atomic E-state index is 14.4. The fourth-order valence-electron chi connectivity index (χ4n) is 2.70. The highest BCUT2D eigenvalue weighted by Crippen LogP contribution is 2.30. The minimum absolute atomic E-state index is 0.128. The van der Waals surface area contributed by atoms with Crippen molar-refractivity contribution in [3.8, 4) is 0 Å². The van der Waals surface area contributed by atoms with Crippen LogP contribution in [0.3, 0.4) is 0 Å². The fraction of sp³-hybridized carbons (Fsp3) is 0.467. The number of ether oxygens (including phenoxy) is 1. The highest BCUT2D eigenvalue weighted by atomic mass is 32.2. The number of hydrogen-bond acceptors (Lipinski definition) is 4. The Balaban J connectivity index is 1.72. The number of hydrogen-bond donors (Lipinski definition) is 0. The molecule has 116 valence electrons. The average molecular weight is 320 g/mol. The molecule has 5 nitrogen and oxygen atoms in total. The first-order chi connectivity index (χ1) is 10.8. The molecule has 1 saturated heterocycles. The SMILES string of the molecule is [N-]=[N+]=NC[C@H]1CN(c2ccc(C3=CCSCC3)c(F)c2)CO1. The average Bonchev–Trinajstić information content (AvgIpc) is 3.02. The predicted octanol–water partition coefficient (Wildman–Crippen LogP) is 3.82. The van der Waals surface area contributed by atoms with Gasteiger partial charge >= 0.3 is 0 Å². The minimum atomic E-state index is -0.186. The van der Waals surface area contributed by atoms with Crippen molar-refractivity contribution in [1.29, 1.82) is 0 Å². The summed E-state index contributed by atoms with van der Waals surface area (Å²) in [5.41, 5.74) is 10.9. The Morgan fingerprint density at radius 3 is 3.14 bits per heavy atom. The van der Waals surface area contributed by atoms with Gasteiger partial charge in [0, 0.05) is 28.5 Å². The quantitative estimate of drug-likeness (QED) is 0.481. The van der Waals surface area contributed by atoms with Crippen LogP contribution in [0.25, 0.3) is 16.0 Å². The zero-order chi connectivity index (χ0) is 15.4. The maximum absolute atomic E-state index is 14.4. The molecular formula is C15H17FN4OS. The summed E-state index contributed by atoms with van der Waals surface area (Å²) >= 11 is 1.87. The second-order valence-corrected chi connectivity index (χ2v) is 6.42. The van der Waals surface area contributed by atoms with Crippen LogP contribution in [0.15, 0.2) is 29.4 Å². The molecule has 0 bridgehead atoms. The van der Waals surface area contributed by atoms with Crippen LogP contribution in [-0.4, -0.2) is 37.4 Å². The smallest absolute Gasteiger partial charge is 0.132 e. The van der Waals surface area contributed by atoms with Crippen LogP contribution < -0.4 is 4.90 Å². The molecular weight excluding hydrogens is 303 g/mol. The number of allylic oxidation sites excluding steroid dienone is 1. The summed E-state index contributed by atoms with van der Waals surface area (Å²) in [6.07, 6.45) is 2.90. The van der Waals surface area contributed by atoms with Gasteiger partial charge in [-0.3, -0.25) is 0 Å². The molecule has 2 aliphatic rings. The number of halogens is 1. The number of azide groups is 1. The Kier molecular flexibility index (Phi) is 4.87. The summed E-state index contributed by atoms with van der Waals surface area (Å²) in [4.78, 5) is 4.69. The molecule has 0 aliphatic carbocycles. The van der Waals surface area contributed by atoms with Gasteiger partial charge in [-0.1, -0.05) is 11.2 Å². The van der Waals surface area contributed by atoms with Gasteiger partial charge in [-0.15, -0.1) is 0 Å². The molecule has 1 fully saturated rings. The predicted molar refractivity (Wildman–Crippen MR) is 87.4 cm³/mol. The van der Waals surface area contributed by atoms with Gasteiger partial charge in [0.2, 0.25) is 0 Å². The molecule has 0 radical (unpaired) electrons. The third-order valence-electron chi connectivity index (χ3n) is 3.87. The minimum Gasteiger partial charge on any atom is -0.356 e. The molecule has 0 amide bonds. The molecule has 22 heavy (non-hydrogen) atoms. The van der Waals surface area contributed by atoms with Crippen LogP contribution >= 0.6 is 11.8 Å². The van der Waals surface area contributed by atoms with Crippen molar-refractivity contribution in [2.45, 2.75) is 12.5 Å². The third kappa shape index (κ3) is 3.38. The van der Waals surface area contributed by atoms with Gasteiger partial charge in [0.25, 0.3) is 0 Å². The van der Waals surface area contributed by atoms with Crippen molar-refractivity contribution >= 4 is 23.0 Å². The van der Waals surface area contributed by atoms with Crippen LogP contribution in [-0.2, 0) is 4.74 Å². The molecule has 0 saturated carbocycles. The monoisotopic (exact) mass is 320 g/mol. The molecule has 1 aromatic carbocycles.